The lowest BCUT2D eigenvalue weighted by molar-refractivity contribution is 0.541. The van der Waals surface area contributed by atoms with Crippen molar-refractivity contribution in [2.75, 3.05) is 18.0 Å². The third-order valence-electron chi connectivity index (χ3n) is 8.66. The van der Waals surface area contributed by atoms with Crippen LogP contribution in [0.2, 0.25) is 0 Å². The molecule has 40 heavy (non-hydrogen) atoms. The molecule has 0 N–H and O–H groups in total. The average molecular weight is 558 g/mol. The maximum Gasteiger partial charge on any atom is 0.0412 e. The zero-order valence-electron chi connectivity index (χ0n) is 25.8. The van der Waals surface area contributed by atoms with Gasteiger partial charge < -0.3 is 4.90 Å². The first kappa shape index (κ1) is 32.4. The maximum atomic E-state index is 3.30. The maximum absolute atomic E-state index is 3.30. The Morgan fingerprint density at radius 2 is 1.05 bits per heavy atom. The fraction of sp³-hybridized carbons (Fsp3) is 0.526. The molecule has 0 aliphatic heterocycles. The van der Waals surface area contributed by atoms with Gasteiger partial charge in [0.2, 0.25) is 0 Å². The summed E-state index contributed by atoms with van der Waals surface area (Å²) in [5.74, 6) is 0.354. The van der Waals surface area contributed by atoms with Crippen molar-refractivity contribution in [2.45, 2.75) is 115 Å². The average Bonchev–Trinajstić information content (AvgIpc) is 3.00. The van der Waals surface area contributed by atoms with Crippen LogP contribution in [0.5, 0.6) is 0 Å². The normalized spacial score (nSPS) is 12.4. The molecule has 0 spiro atoms. The van der Waals surface area contributed by atoms with Gasteiger partial charge >= 0.3 is 0 Å². The molecule has 0 radical (unpaired) electrons. The molecule has 1 nitrogen and oxygen atoms in total. The molecule has 0 saturated heterocycles. The summed E-state index contributed by atoms with van der Waals surface area (Å²) in [5.41, 5.74) is 5.57. The zero-order valence-corrected chi connectivity index (χ0v) is 26.9. The second-order valence-corrected chi connectivity index (χ2v) is 12.6. The van der Waals surface area contributed by atoms with E-state index in [0.29, 0.717) is 5.92 Å². The summed E-state index contributed by atoms with van der Waals surface area (Å²) in [6, 6.07) is 31.8. The van der Waals surface area contributed by atoms with Crippen molar-refractivity contribution in [1.29, 1.82) is 0 Å². The molecule has 2 atom stereocenters. The zero-order chi connectivity index (χ0) is 28.5. The summed E-state index contributed by atoms with van der Waals surface area (Å²) >= 11 is 0. The van der Waals surface area contributed by atoms with E-state index in [0.717, 1.165) is 6.42 Å². The smallest absolute Gasteiger partial charge is 0.0412 e. The Morgan fingerprint density at radius 1 is 0.575 bits per heavy atom. The van der Waals surface area contributed by atoms with Crippen LogP contribution in [0.4, 0.5) is 5.69 Å². The van der Waals surface area contributed by atoms with Gasteiger partial charge in [-0.25, -0.2) is 0 Å². The molecule has 0 fully saturated rings. The molecular weight excluding hydrogens is 501 g/mol. The van der Waals surface area contributed by atoms with Crippen LogP contribution in [-0.2, 0) is 5.16 Å². The minimum Gasteiger partial charge on any atom is -0.372 e. The largest absolute Gasteiger partial charge is 0.372 e. The highest BCUT2D eigenvalue weighted by atomic mass is 31.0. The van der Waals surface area contributed by atoms with Crippen LogP contribution in [0.1, 0.15) is 127 Å². The van der Waals surface area contributed by atoms with E-state index < -0.39 is 0 Å². The van der Waals surface area contributed by atoms with Crippen molar-refractivity contribution in [3.63, 3.8) is 0 Å². The summed E-state index contributed by atoms with van der Waals surface area (Å²) < 4.78 is 0. The Kier molecular flexibility index (Phi) is 14.9. The van der Waals surface area contributed by atoms with Gasteiger partial charge in [-0.2, -0.15) is 0 Å². The molecule has 0 bridgehead atoms. The van der Waals surface area contributed by atoms with E-state index in [1.807, 2.05) is 0 Å². The fourth-order valence-corrected chi connectivity index (χ4v) is 7.10. The van der Waals surface area contributed by atoms with Gasteiger partial charge in [0.05, 0.1) is 0 Å². The highest BCUT2D eigenvalue weighted by Gasteiger charge is 2.38. The molecular formula is C38H56NP. The summed E-state index contributed by atoms with van der Waals surface area (Å²) in [4.78, 5) is 2.70. The van der Waals surface area contributed by atoms with Crippen LogP contribution >= 0.6 is 9.24 Å². The van der Waals surface area contributed by atoms with Gasteiger partial charge in [0.1, 0.15) is 0 Å². The molecule has 0 amide bonds. The second kappa shape index (κ2) is 18.3. The van der Waals surface area contributed by atoms with Crippen LogP contribution in [0.3, 0.4) is 0 Å². The van der Waals surface area contributed by atoms with Gasteiger partial charge in [0.25, 0.3) is 0 Å². The number of hydrogen-bond acceptors (Lipinski definition) is 1. The highest BCUT2D eigenvalue weighted by Crippen LogP contribution is 2.51. The van der Waals surface area contributed by atoms with Crippen molar-refractivity contribution in [3.05, 3.63) is 102 Å². The van der Waals surface area contributed by atoms with E-state index in [1.165, 1.54) is 113 Å². The molecule has 2 heteroatoms. The molecule has 0 saturated carbocycles. The summed E-state index contributed by atoms with van der Waals surface area (Å²) in [6.45, 7) is 9.30. The lowest BCUT2D eigenvalue weighted by Gasteiger charge is -2.39. The SMILES string of the molecule is CCCCCCCCN(CCCCCCCC)c1cccc(C(CC)C(P)(c2ccccc2)c2ccccc2)c1. The van der Waals surface area contributed by atoms with Crippen molar-refractivity contribution >= 4 is 14.9 Å². The van der Waals surface area contributed by atoms with E-state index in [2.05, 4.69) is 120 Å². The minimum atomic E-state index is -0.181. The van der Waals surface area contributed by atoms with E-state index in [4.69, 9.17) is 0 Å². The van der Waals surface area contributed by atoms with Gasteiger partial charge in [-0.3, -0.25) is 0 Å². The van der Waals surface area contributed by atoms with E-state index >= 15 is 0 Å². The minimum absolute atomic E-state index is 0.181. The lowest BCUT2D eigenvalue weighted by Crippen LogP contribution is -2.29. The third kappa shape index (κ3) is 9.48. The topological polar surface area (TPSA) is 3.24 Å². The first-order valence-corrected chi connectivity index (χ1v) is 17.0. The number of hydrogen-bond donors (Lipinski definition) is 0. The Hall–Kier alpha value is -2.11. The Morgan fingerprint density at radius 3 is 1.52 bits per heavy atom. The number of benzene rings is 3. The van der Waals surface area contributed by atoms with Crippen LogP contribution in [0.15, 0.2) is 84.9 Å². The molecule has 0 aliphatic rings. The van der Waals surface area contributed by atoms with Gasteiger partial charge in [0.15, 0.2) is 0 Å². The summed E-state index contributed by atoms with van der Waals surface area (Å²) in [7, 11) is 3.30. The van der Waals surface area contributed by atoms with Gasteiger partial charge in [0, 0.05) is 29.9 Å². The number of anilines is 1. The van der Waals surface area contributed by atoms with E-state index in [9.17, 15) is 0 Å². The number of unbranched alkanes of at least 4 members (excludes halogenated alkanes) is 10. The molecule has 218 valence electrons. The predicted molar refractivity (Wildman–Crippen MR) is 182 cm³/mol. The van der Waals surface area contributed by atoms with Gasteiger partial charge in [-0.1, -0.05) is 158 Å². The van der Waals surface area contributed by atoms with Crippen LogP contribution in [0, 0.1) is 0 Å². The van der Waals surface area contributed by atoms with Crippen molar-refractivity contribution < 1.29 is 0 Å². The van der Waals surface area contributed by atoms with Gasteiger partial charge in [-0.05, 0) is 48.1 Å². The number of rotatable bonds is 20. The van der Waals surface area contributed by atoms with Crippen molar-refractivity contribution in [3.8, 4) is 0 Å². The molecule has 3 aromatic rings. The molecule has 3 aromatic carbocycles. The van der Waals surface area contributed by atoms with Crippen LogP contribution < -0.4 is 4.90 Å². The van der Waals surface area contributed by atoms with Crippen LogP contribution in [0.25, 0.3) is 0 Å². The van der Waals surface area contributed by atoms with E-state index in [1.54, 1.807) is 0 Å². The monoisotopic (exact) mass is 557 g/mol. The van der Waals surface area contributed by atoms with Crippen LogP contribution in [-0.4, -0.2) is 13.1 Å². The highest BCUT2D eigenvalue weighted by molar-refractivity contribution is 7.19. The second-order valence-electron chi connectivity index (χ2n) is 11.7. The number of nitrogens with zero attached hydrogens (tertiary/aromatic N) is 1. The Balaban J connectivity index is 1.85. The molecule has 3 rings (SSSR count). The molecule has 2 unspecified atom stereocenters. The third-order valence-corrected chi connectivity index (χ3v) is 9.73. The first-order chi connectivity index (χ1) is 19.6. The van der Waals surface area contributed by atoms with Crippen molar-refractivity contribution in [2.24, 2.45) is 0 Å². The lowest BCUT2D eigenvalue weighted by atomic mass is 9.74. The summed E-state index contributed by atoms with van der Waals surface area (Å²) in [5, 5.41) is -0.181. The van der Waals surface area contributed by atoms with E-state index in [-0.39, 0.29) is 5.16 Å². The first-order valence-electron chi connectivity index (χ1n) is 16.4. The Bertz CT molecular complexity index is 992. The standard InChI is InChI=1S/C38H56NP/c1-4-7-9-11-13-21-30-39(31-22-14-12-10-8-5-2)36-29-23-24-33(32-36)37(6-3)38(40,34-25-17-15-18-26-34)35-27-19-16-20-28-35/h15-20,23-29,32,37H,4-14,21-22,30-31,40H2,1-3H3. The van der Waals surface area contributed by atoms with Crippen molar-refractivity contribution in [1.82, 2.24) is 0 Å². The summed E-state index contributed by atoms with van der Waals surface area (Å²) in [6.07, 6.45) is 17.3. The fourth-order valence-electron chi connectivity index (χ4n) is 6.29. The molecule has 0 aliphatic carbocycles. The Labute approximate surface area is 249 Å². The molecule has 0 heterocycles. The predicted octanol–water partition coefficient (Wildman–Crippen LogP) is 11.5. The quantitative estimate of drug-likeness (QED) is 0.0986. The molecule has 0 aromatic heterocycles. The van der Waals surface area contributed by atoms with Gasteiger partial charge in [-0.15, -0.1) is 9.24 Å².